The normalized spacial score (nSPS) is 11.6. The van der Waals surface area contributed by atoms with E-state index < -0.39 is 23.1 Å². The summed E-state index contributed by atoms with van der Waals surface area (Å²) in [6.45, 7) is 9.04. The van der Waals surface area contributed by atoms with Gasteiger partial charge in [-0.05, 0) is 59.5 Å². The molecular formula is C25H24Cl2FN5O3S. The zero-order valence-electron chi connectivity index (χ0n) is 20.7. The molecule has 8 nitrogen and oxygen atoms in total. The van der Waals surface area contributed by atoms with Gasteiger partial charge in [0.05, 0.1) is 27.7 Å². The van der Waals surface area contributed by atoms with Crippen molar-refractivity contribution in [3.63, 3.8) is 0 Å². The number of rotatable bonds is 6. The number of nitrogens with zero attached hydrogens (tertiary/aromatic N) is 4. The Morgan fingerprint density at radius 3 is 2.49 bits per heavy atom. The van der Waals surface area contributed by atoms with Gasteiger partial charge in [0.1, 0.15) is 10.4 Å². The minimum Gasteiger partial charge on any atom is -0.480 e. The van der Waals surface area contributed by atoms with Crippen LogP contribution in [-0.2, 0) is 15.0 Å². The maximum Gasteiger partial charge on any atom is 0.321 e. The van der Waals surface area contributed by atoms with Crippen LogP contribution in [0.25, 0.3) is 5.69 Å². The highest BCUT2D eigenvalue weighted by Gasteiger charge is 2.24. The fourth-order valence-electron chi connectivity index (χ4n) is 2.90. The summed E-state index contributed by atoms with van der Waals surface area (Å²) in [4.78, 5) is 23.7. The van der Waals surface area contributed by atoms with Crippen LogP contribution in [0.1, 0.15) is 45.7 Å². The Morgan fingerprint density at radius 2 is 1.86 bits per heavy atom. The summed E-state index contributed by atoms with van der Waals surface area (Å²) in [7, 11) is 0. The Bertz CT molecular complexity index is 1420. The molecule has 0 saturated heterocycles. The molecule has 12 heteroatoms. The summed E-state index contributed by atoms with van der Waals surface area (Å²) in [6.07, 6.45) is 0. The molecule has 1 amide bonds. The molecule has 0 spiro atoms. The molecule has 0 aliphatic heterocycles. The van der Waals surface area contributed by atoms with Crippen molar-refractivity contribution < 1.29 is 19.1 Å². The van der Waals surface area contributed by atoms with Crippen LogP contribution in [0, 0.1) is 23.1 Å². The van der Waals surface area contributed by atoms with Crippen LogP contribution in [0.3, 0.4) is 0 Å². The lowest BCUT2D eigenvalue weighted by Gasteiger charge is -2.20. The van der Waals surface area contributed by atoms with Crippen LogP contribution in [0.5, 0.6) is 0 Å². The molecule has 0 radical (unpaired) electrons. The number of hydrogen-bond donors (Lipinski definition) is 2. The Balaban J connectivity index is 1.71. The molecule has 1 heterocycles. The molecule has 194 valence electrons. The van der Waals surface area contributed by atoms with E-state index in [2.05, 4.69) is 53.5 Å². The number of benzene rings is 2. The van der Waals surface area contributed by atoms with Crippen molar-refractivity contribution in [2.75, 3.05) is 11.1 Å². The number of anilines is 1. The van der Waals surface area contributed by atoms with E-state index in [1.807, 2.05) is 18.2 Å². The first-order valence-electron chi connectivity index (χ1n) is 11.0. The molecule has 3 aromatic rings. The summed E-state index contributed by atoms with van der Waals surface area (Å²) >= 11 is 13.6. The predicted octanol–water partition coefficient (Wildman–Crippen LogP) is 5.60. The molecule has 37 heavy (non-hydrogen) atoms. The first-order valence-corrected chi connectivity index (χ1v) is 12.7. The average molecular weight is 564 g/mol. The predicted molar refractivity (Wildman–Crippen MR) is 142 cm³/mol. The Labute approximate surface area is 227 Å². The van der Waals surface area contributed by atoms with Crippen LogP contribution in [0.15, 0.2) is 35.5 Å². The van der Waals surface area contributed by atoms with Crippen molar-refractivity contribution in [1.82, 2.24) is 20.2 Å². The molecule has 0 aliphatic rings. The molecule has 2 N–H and O–H groups in total. The third kappa shape index (κ3) is 6.80. The molecule has 0 unspecified atom stereocenters. The van der Waals surface area contributed by atoms with Crippen LogP contribution >= 0.6 is 35.0 Å². The van der Waals surface area contributed by atoms with Crippen molar-refractivity contribution >= 4 is 52.5 Å². The van der Waals surface area contributed by atoms with Gasteiger partial charge in [-0.15, -0.1) is 5.10 Å². The molecule has 0 bridgehead atoms. The summed E-state index contributed by atoms with van der Waals surface area (Å²) in [5.74, 6) is 2.43. The third-order valence-electron chi connectivity index (χ3n) is 5.22. The van der Waals surface area contributed by atoms with Crippen LogP contribution in [-0.4, -0.2) is 42.9 Å². The van der Waals surface area contributed by atoms with Gasteiger partial charge in [0.2, 0.25) is 11.1 Å². The van der Waals surface area contributed by atoms with Gasteiger partial charge in [0.25, 0.3) is 0 Å². The van der Waals surface area contributed by atoms with E-state index in [4.69, 9.17) is 28.3 Å². The SMILES string of the molecule is CC(C)(C#Cc1ccc(NC(=O)CSc2nnnn2-c2ccc(C(C)(C)C)cc2Cl)c(Cl)c1F)C(=O)O. The largest absolute Gasteiger partial charge is 0.480 e. The maximum absolute atomic E-state index is 14.7. The zero-order chi connectivity index (χ0) is 27.5. The number of carbonyl (C=O) groups is 2. The second-order valence-corrected chi connectivity index (χ2v) is 11.3. The van der Waals surface area contributed by atoms with Crippen LogP contribution < -0.4 is 5.32 Å². The number of amides is 1. The molecule has 0 atom stereocenters. The molecule has 0 aliphatic carbocycles. The van der Waals surface area contributed by atoms with E-state index in [1.54, 1.807) is 0 Å². The topological polar surface area (TPSA) is 110 Å². The average Bonchev–Trinajstić information content (AvgIpc) is 3.27. The number of hydrogen-bond acceptors (Lipinski definition) is 6. The molecule has 0 fully saturated rings. The minimum absolute atomic E-state index is 0.0493. The molecular weight excluding hydrogens is 540 g/mol. The van der Waals surface area contributed by atoms with Gasteiger partial charge in [-0.25, -0.2) is 4.39 Å². The first-order chi connectivity index (χ1) is 17.2. The summed E-state index contributed by atoms with van der Waals surface area (Å²) in [5.41, 5.74) is 0.134. The highest BCUT2D eigenvalue weighted by molar-refractivity contribution is 7.99. The lowest BCUT2D eigenvalue weighted by Crippen LogP contribution is -2.21. The Kier molecular flexibility index (Phi) is 8.52. The number of nitrogens with one attached hydrogen (secondary N) is 1. The number of tetrazole rings is 1. The number of carboxylic acids is 1. The molecule has 1 aromatic heterocycles. The maximum atomic E-state index is 14.7. The number of halogens is 3. The molecule has 3 rings (SSSR count). The van der Waals surface area contributed by atoms with Crippen molar-refractivity contribution in [3.8, 4) is 17.5 Å². The lowest BCUT2D eigenvalue weighted by atomic mass is 9.87. The van der Waals surface area contributed by atoms with Gasteiger partial charge in [-0.1, -0.05) is 73.6 Å². The molecule has 2 aromatic carbocycles. The van der Waals surface area contributed by atoms with E-state index in [9.17, 15) is 14.0 Å². The standard InChI is InChI=1S/C25H24Cl2FN5O3S/c1-24(2,3)15-7-9-18(16(26)12-15)33-23(30-31-32-33)37-13-19(34)29-17-8-6-14(21(28)20(17)27)10-11-25(4,5)22(35)36/h6-9,12H,13H2,1-5H3,(H,29,34)(H,35,36). The van der Waals surface area contributed by atoms with Crippen molar-refractivity contribution in [2.24, 2.45) is 5.41 Å². The van der Waals surface area contributed by atoms with Crippen molar-refractivity contribution in [3.05, 3.63) is 57.3 Å². The third-order valence-corrected chi connectivity index (χ3v) is 6.81. The highest BCUT2D eigenvalue weighted by atomic mass is 35.5. The van der Waals surface area contributed by atoms with E-state index in [0.717, 1.165) is 17.3 Å². The van der Waals surface area contributed by atoms with E-state index in [-0.39, 0.29) is 27.4 Å². The quantitative estimate of drug-likeness (QED) is 0.296. The Morgan fingerprint density at radius 1 is 1.16 bits per heavy atom. The zero-order valence-corrected chi connectivity index (χ0v) is 23.0. The van der Waals surface area contributed by atoms with Gasteiger partial charge in [-0.3, -0.25) is 9.59 Å². The van der Waals surface area contributed by atoms with E-state index >= 15 is 0 Å². The number of carboxylic acid groups (broad SMARTS) is 1. The van der Waals surface area contributed by atoms with Gasteiger partial charge in [0.15, 0.2) is 5.82 Å². The number of aromatic nitrogens is 4. The lowest BCUT2D eigenvalue weighted by molar-refractivity contribution is -0.143. The van der Waals surface area contributed by atoms with Crippen LogP contribution in [0.2, 0.25) is 10.0 Å². The minimum atomic E-state index is -1.36. The Hall–Kier alpha value is -3.13. The smallest absolute Gasteiger partial charge is 0.321 e. The van der Waals surface area contributed by atoms with Crippen molar-refractivity contribution in [1.29, 1.82) is 0 Å². The summed E-state index contributed by atoms with van der Waals surface area (Å²) in [6, 6.07) is 8.32. The number of carbonyl (C=O) groups excluding carboxylic acids is 1. The van der Waals surface area contributed by atoms with E-state index in [0.29, 0.717) is 15.9 Å². The summed E-state index contributed by atoms with van der Waals surface area (Å²) in [5, 5.41) is 23.8. The van der Waals surface area contributed by atoms with Gasteiger partial charge < -0.3 is 10.4 Å². The van der Waals surface area contributed by atoms with Gasteiger partial charge >= 0.3 is 5.97 Å². The van der Waals surface area contributed by atoms with Crippen LogP contribution in [0.4, 0.5) is 10.1 Å². The fourth-order valence-corrected chi connectivity index (χ4v) is 4.06. The number of aliphatic carboxylic acids is 1. The van der Waals surface area contributed by atoms with Crippen molar-refractivity contribution in [2.45, 2.75) is 45.2 Å². The monoisotopic (exact) mass is 563 g/mol. The van der Waals surface area contributed by atoms with Gasteiger partial charge in [0, 0.05) is 0 Å². The second-order valence-electron chi connectivity index (χ2n) is 9.60. The summed E-state index contributed by atoms with van der Waals surface area (Å²) < 4.78 is 16.1. The first kappa shape index (κ1) is 28.4. The highest BCUT2D eigenvalue weighted by Crippen LogP contribution is 2.31. The second kappa shape index (κ2) is 11.1. The van der Waals surface area contributed by atoms with E-state index in [1.165, 1.54) is 30.7 Å². The molecule has 0 saturated carbocycles. The number of thioether (sulfide) groups is 1. The van der Waals surface area contributed by atoms with Gasteiger partial charge in [-0.2, -0.15) is 4.68 Å². The fraction of sp³-hybridized carbons (Fsp3) is 0.320.